The highest BCUT2D eigenvalue weighted by atomic mass is 35.5. The summed E-state index contributed by atoms with van der Waals surface area (Å²) in [5.41, 5.74) is 7.32. The Labute approximate surface area is 251 Å². The van der Waals surface area contributed by atoms with E-state index in [0.717, 1.165) is 19.5 Å². The van der Waals surface area contributed by atoms with Crippen LogP contribution in [0.1, 0.15) is 23.2 Å². The number of carbonyl (C=O) groups is 2. The maximum Gasteiger partial charge on any atom is 0.255 e. The van der Waals surface area contributed by atoms with Crippen LogP contribution >= 0.6 is 11.6 Å². The van der Waals surface area contributed by atoms with Crippen LogP contribution in [-0.2, 0) is 4.79 Å². The number of aromatic nitrogens is 3. The molecular formula is C30H30ClF2N7O3. The fraction of sp³-hybridized carbons (Fsp3) is 0.333. The Bertz CT molecular complexity index is 1710. The van der Waals surface area contributed by atoms with E-state index in [1.165, 1.54) is 31.6 Å². The molecular weight excluding hydrogens is 580 g/mol. The van der Waals surface area contributed by atoms with E-state index in [1.54, 1.807) is 33.7 Å². The van der Waals surface area contributed by atoms with Crippen LogP contribution in [0.25, 0.3) is 16.9 Å². The van der Waals surface area contributed by atoms with Gasteiger partial charge in [-0.1, -0.05) is 11.6 Å². The minimum Gasteiger partial charge on any atom is -0.494 e. The third kappa shape index (κ3) is 5.36. The molecule has 2 aliphatic heterocycles. The monoisotopic (exact) mass is 609 g/mol. The number of amides is 2. The zero-order valence-electron chi connectivity index (χ0n) is 23.3. The van der Waals surface area contributed by atoms with E-state index >= 15 is 0 Å². The lowest BCUT2D eigenvalue weighted by Crippen LogP contribution is -2.50. The van der Waals surface area contributed by atoms with Crippen molar-refractivity contribution < 1.29 is 23.1 Å². The molecule has 4 aromatic rings. The zero-order valence-corrected chi connectivity index (χ0v) is 24.1. The van der Waals surface area contributed by atoms with Gasteiger partial charge in [0.05, 0.1) is 29.6 Å². The van der Waals surface area contributed by atoms with Crippen LogP contribution in [0.3, 0.4) is 0 Å². The first-order chi connectivity index (χ1) is 20.8. The van der Waals surface area contributed by atoms with Crippen molar-refractivity contribution in [3.8, 4) is 17.0 Å². The zero-order chi connectivity index (χ0) is 30.2. The van der Waals surface area contributed by atoms with Gasteiger partial charge in [-0.05, 0) is 68.1 Å². The highest BCUT2D eigenvalue weighted by Crippen LogP contribution is 2.35. The van der Waals surface area contributed by atoms with Gasteiger partial charge in [0.1, 0.15) is 0 Å². The van der Waals surface area contributed by atoms with E-state index in [9.17, 15) is 18.4 Å². The predicted octanol–water partition coefficient (Wildman–Crippen LogP) is 4.25. The van der Waals surface area contributed by atoms with Crippen molar-refractivity contribution in [2.24, 2.45) is 23.5 Å². The van der Waals surface area contributed by atoms with Gasteiger partial charge in [-0.3, -0.25) is 14.0 Å². The lowest BCUT2D eigenvalue weighted by Gasteiger charge is -2.40. The number of hydrogen-bond acceptors (Lipinski definition) is 7. The standard InChI is InChI=1S/C30H30ClF2N7O3/c1-43-24-5-4-20(25(32)26(24)33)23-14-37-29-28(36-9-11-40(23)29)38-17-2-3-19(22(31)12-17)30(42)39-10-7-18(27(34)41)21(15-39)16-6-8-35-13-16/h2-5,9,11-12,14,16,18,21,35H,6-8,10,13,15H2,1H3,(H2,34,41)(H,36,38). The largest absolute Gasteiger partial charge is 0.494 e. The van der Waals surface area contributed by atoms with Crippen molar-refractivity contribution in [2.45, 2.75) is 12.8 Å². The molecule has 13 heteroatoms. The molecule has 0 saturated carbocycles. The number of rotatable bonds is 7. The highest BCUT2D eigenvalue weighted by molar-refractivity contribution is 6.34. The number of fused-ring (bicyclic) bond motifs is 1. The number of nitrogens with two attached hydrogens (primary N) is 1. The molecule has 0 radical (unpaired) electrons. The molecule has 10 nitrogen and oxygen atoms in total. The van der Waals surface area contributed by atoms with E-state index < -0.39 is 11.6 Å². The van der Waals surface area contributed by atoms with Crippen molar-refractivity contribution >= 4 is 40.6 Å². The van der Waals surface area contributed by atoms with Crippen molar-refractivity contribution in [1.82, 2.24) is 24.6 Å². The smallest absolute Gasteiger partial charge is 0.255 e. The minimum absolute atomic E-state index is 0.00111. The van der Waals surface area contributed by atoms with Gasteiger partial charge in [-0.15, -0.1) is 0 Å². The fourth-order valence-corrected chi connectivity index (χ4v) is 6.47. The molecule has 3 unspecified atom stereocenters. The Morgan fingerprint density at radius 3 is 2.72 bits per heavy atom. The second-order valence-electron chi connectivity index (χ2n) is 10.8. The second kappa shape index (κ2) is 11.8. The molecule has 2 aliphatic rings. The summed E-state index contributed by atoms with van der Waals surface area (Å²) in [7, 11) is 1.27. The lowest BCUT2D eigenvalue weighted by molar-refractivity contribution is -0.126. The number of primary amides is 1. The van der Waals surface area contributed by atoms with Gasteiger partial charge >= 0.3 is 0 Å². The Hall–Kier alpha value is -4.29. The first kappa shape index (κ1) is 28.8. The third-order valence-electron chi connectivity index (χ3n) is 8.45. The molecule has 0 bridgehead atoms. The first-order valence-electron chi connectivity index (χ1n) is 14.0. The summed E-state index contributed by atoms with van der Waals surface area (Å²) in [6.45, 7) is 2.57. The molecule has 2 saturated heterocycles. The number of likely N-dealkylation sites (tertiary alicyclic amines) is 1. The topological polar surface area (TPSA) is 127 Å². The van der Waals surface area contributed by atoms with Crippen LogP contribution in [0, 0.1) is 29.4 Å². The lowest BCUT2D eigenvalue weighted by atomic mass is 9.76. The van der Waals surface area contributed by atoms with Crippen LogP contribution in [0.15, 0.2) is 48.9 Å². The van der Waals surface area contributed by atoms with E-state index in [2.05, 4.69) is 20.6 Å². The van der Waals surface area contributed by atoms with Gasteiger partial charge in [0.25, 0.3) is 5.91 Å². The minimum atomic E-state index is -1.09. The van der Waals surface area contributed by atoms with Gasteiger partial charge in [0, 0.05) is 42.7 Å². The summed E-state index contributed by atoms with van der Waals surface area (Å²) in [5.74, 6) is -2.48. The number of nitrogens with one attached hydrogen (secondary N) is 2. The highest BCUT2D eigenvalue weighted by Gasteiger charge is 2.40. The molecule has 4 N–H and O–H groups in total. The number of piperidine rings is 1. The molecule has 4 heterocycles. The van der Waals surface area contributed by atoms with E-state index in [1.807, 2.05) is 0 Å². The molecule has 224 valence electrons. The molecule has 2 aromatic heterocycles. The third-order valence-corrected chi connectivity index (χ3v) is 8.76. The van der Waals surface area contributed by atoms with E-state index in [-0.39, 0.29) is 45.9 Å². The van der Waals surface area contributed by atoms with E-state index in [4.69, 9.17) is 22.1 Å². The number of halogens is 3. The molecule has 0 aliphatic carbocycles. The Balaban J connectivity index is 1.22. The number of ether oxygens (including phenoxy) is 1. The Morgan fingerprint density at radius 1 is 1.16 bits per heavy atom. The second-order valence-corrected chi connectivity index (χ2v) is 11.2. The molecule has 0 spiro atoms. The van der Waals surface area contributed by atoms with Gasteiger partial charge in [-0.2, -0.15) is 4.39 Å². The number of hydrogen-bond donors (Lipinski definition) is 3. The number of nitrogens with zero attached hydrogens (tertiary/aromatic N) is 4. The number of anilines is 2. The van der Waals surface area contributed by atoms with Gasteiger partial charge in [0.15, 0.2) is 23.0 Å². The maximum absolute atomic E-state index is 14.8. The van der Waals surface area contributed by atoms with Crippen molar-refractivity contribution in [3.63, 3.8) is 0 Å². The predicted molar refractivity (Wildman–Crippen MR) is 157 cm³/mol. The van der Waals surface area contributed by atoms with Crippen molar-refractivity contribution in [2.75, 3.05) is 38.6 Å². The normalized spacial score (nSPS) is 20.4. The van der Waals surface area contributed by atoms with Crippen LogP contribution in [-0.4, -0.2) is 64.4 Å². The number of imidazole rings is 1. The molecule has 2 amide bonds. The summed E-state index contributed by atoms with van der Waals surface area (Å²) < 4.78 is 35.7. The summed E-state index contributed by atoms with van der Waals surface area (Å²) in [4.78, 5) is 36.2. The SMILES string of the molecule is COc1ccc(-c2cnc3c(Nc4ccc(C(=O)N5CCC(C(N)=O)C(C6CCNC6)C5)c(Cl)c4)nccn23)c(F)c1F. The maximum atomic E-state index is 14.8. The average molecular weight is 610 g/mol. The van der Waals surface area contributed by atoms with Crippen LogP contribution < -0.4 is 21.1 Å². The van der Waals surface area contributed by atoms with Crippen LogP contribution in [0.2, 0.25) is 5.02 Å². The van der Waals surface area contributed by atoms with Gasteiger partial charge in [-0.25, -0.2) is 14.4 Å². The average Bonchev–Trinajstić information content (AvgIpc) is 3.69. The van der Waals surface area contributed by atoms with Crippen molar-refractivity contribution in [3.05, 3.63) is 71.1 Å². The van der Waals surface area contributed by atoms with Crippen LogP contribution in [0.4, 0.5) is 20.3 Å². The molecule has 2 fully saturated rings. The van der Waals surface area contributed by atoms with Crippen molar-refractivity contribution in [1.29, 1.82) is 0 Å². The first-order valence-corrected chi connectivity index (χ1v) is 14.3. The number of benzene rings is 2. The number of carbonyl (C=O) groups excluding carboxylic acids is 2. The summed E-state index contributed by atoms with van der Waals surface area (Å²) in [6.07, 6.45) is 5.99. The summed E-state index contributed by atoms with van der Waals surface area (Å²) >= 11 is 6.61. The molecule has 2 aromatic carbocycles. The number of methoxy groups -OCH3 is 1. The molecule has 6 rings (SSSR count). The summed E-state index contributed by atoms with van der Waals surface area (Å²) in [6, 6.07) is 7.75. The van der Waals surface area contributed by atoms with Gasteiger partial charge in [0.2, 0.25) is 11.7 Å². The van der Waals surface area contributed by atoms with E-state index in [0.29, 0.717) is 47.9 Å². The van der Waals surface area contributed by atoms with Gasteiger partial charge < -0.3 is 26.0 Å². The Morgan fingerprint density at radius 2 is 2.00 bits per heavy atom. The van der Waals surface area contributed by atoms with Crippen LogP contribution in [0.5, 0.6) is 5.75 Å². The Kier molecular flexibility index (Phi) is 7.89. The summed E-state index contributed by atoms with van der Waals surface area (Å²) in [5, 5.41) is 6.74. The fourth-order valence-electron chi connectivity index (χ4n) is 6.21. The molecule has 43 heavy (non-hydrogen) atoms. The quantitative estimate of drug-likeness (QED) is 0.286. The molecule has 3 atom stereocenters.